The lowest BCUT2D eigenvalue weighted by molar-refractivity contribution is -0.142. The minimum atomic E-state index is 0.0976. The molecule has 2 fully saturated rings. The minimum absolute atomic E-state index is 0.0976. The van der Waals surface area contributed by atoms with Crippen LogP contribution in [0, 0.1) is 6.92 Å². The van der Waals surface area contributed by atoms with Gasteiger partial charge in [-0.25, -0.2) is 0 Å². The van der Waals surface area contributed by atoms with Crippen LogP contribution in [0.1, 0.15) is 30.4 Å². The zero-order valence-corrected chi connectivity index (χ0v) is 14.5. The first kappa shape index (κ1) is 17.0. The van der Waals surface area contributed by atoms with Crippen molar-refractivity contribution in [3.63, 3.8) is 0 Å². The Kier molecular flexibility index (Phi) is 5.51. The average molecular weight is 329 g/mol. The normalized spacial score (nSPS) is 19.6. The number of amides is 2. The average Bonchev–Trinajstić information content (AvgIpc) is 2.57. The second-order valence-electron chi connectivity index (χ2n) is 6.92. The SMILES string of the molecule is Cc1cccc(CN2CCN(C(=O)CN3CCCCC3=O)CC2)c1. The minimum Gasteiger partial charge on any atom is -0.339 e. The van der Waals surface area contributed by atoms with Crippen LogP contribution in [0.5, 0.6) is 0 Å². The Labute approximate surface area is 144 Å². The third kappa shape index (κ3) is 4.35. The van der Waals surface area contributed by atoms with Crippen molar-refractivity contribution < 1.29 is 9.59 Å². The van der Waals surface area contributed by atoms with Gasteiger partial charge in [0.05, 0.1) is 6.54 Å². The van der Waals surface area contributed by atoms with E-state index >= 15 is 0 Å². The zero-order chi connectivity index (χ0) is 16.9. The number of hydrogen-bond donors (Lipinski definition) is 0. The Bertz CT molecular complexity index is 594. The summed E-state index contributed by atoms with van der Waals surface area (Å²) in [5.41, 5.74) is 2.61. The van der Waals surface area contributed by atoms with E-state index in [9.17, 15) is 9.59 Å². The number of carbonyl (C=O) groups excluding carboxylic acids is 2. The fourth-order valence-corrected chi connectivity index (χ4v) is 3.52. The van der Waals surface area contributed by atoms with Gasteiger partial charge in [-0.15, -0.1) is 0 Å². The number of nitrogens with zero attached hydrogens (tertiary/aromatic N) is 3. The molecular formula is C19H27N3O2. The molecule has 24 heavy (non-hydrogen) atoms. The molecule has 0 bridgehead atoms. The Morgan fingerprint density at radius 2 is 1.88 bits per heavy atom. The summed E-state index contributed by atoms with van der Waals surface area (Å²) >= 11 is 0. The van der Waals surface area contributed by atoms with Crippen molar-refractivity contribution in [1.29, 1.82) is 0 Å². The zero-order valence-electron chi connectivity index (χ0n) is 14.5. The van der Waals surface area contributed by atoms with Crippen molar-refractivity contribution in [2.75, 3.05) is 39.3 Å². The van der Waals surface area contributed by atoms with Gasteiger partial charge in [0.2, 0.25) is 11.8 Å². The molecule has 2 heterocycles. The van der Waals surface area contributed by atoms with E-state index in [-0.39, 0.29) is 18.4 Å². The lowest BCUT2D eigenvalue weighted by Gasteiger charge is -2.36. The molecule has 0 aliphatic carbocycles. The van der Waals surface area contributed by atoms with Crippen LogP contribution in [-0.2, 0) is 16.1 Å². The predicted molar refractivity (Wildman–Crippen MR) is 93.5 cm³/mol. The molecule has 2 amide bonds. The molecule has 0 radical (unpaired) electrons. The Hall–Kier alpha value is -1.88. The predicted octanol–water partition coefficient (Wildman–Crippen LogP) is 1.65. The van der Waals surface area contributed by atoms with Crippen LogP contribution in [0.4, 0.5) is 0 Å². The molecule has 2 aliphatic heterocycles. The van der Waals surface area contributed by atoms with Gasteiger partial charge in [-0.3, -0.25) is 14.5 Å². The lowest BCUT2D eigenvalue weighted by atomic mass is 10.1. The summed E-state index contributed by atoms with van der Waals surface area (Å²) < 4.78 is 0. The van der Waals surface area contributed by atoms with Crippen molar-refractivity contribution in [2.45, 2.75) is 32.7 Å². The summed E-state index contributed by atoms with van der Waals surface area (Å²) in [6.07, 6.45) is 2.57. The maximum Gasteiger partial charge on any atom is 0.242 e. The van der Waals surface area contributed by atoms with E-state index in [1.165, 1.54) is 11.1 Å². The number of benzene rings is 1. The molecule has 1 aromatic carbocycles. The van der Waals surface area contributed by atoms with E-state index in [0.29, 0.717) is 6.42 Å². The van der Waals surface area contributed by atoms with Crippen LogP contribution in [0.2, 0.25) is 0 Å². The highest BCUT2D eigenvalue weighted by Gasteiger charge is 2.25. The first-order valence-electron chi connectivity index (χ1n) is 8.95. The highest BCUT2D eigenvalue weighted by Crippen LogP contribution is 2.13. The first-order chi connectivity index (χ1) is 11.6. The second kappa shape index (κ2) is 7.79. The van der Waals surface area contributed by atoms with Crippen molar-refractivity contribution in [3.05, 3.63) is 35.4 Å². The molecule has 0 spiro atoms. The highest BCUT2D eigenvalue weighted by molar-refractivity contribution is 5.85. The van der Waals surface area contributed by atoms with Crippen molar-refractivity contribution >= 4 is 11.8 Å². The first-order valence-corrected chi connectivity index (χ1v) is 8.95. The molecule has 1 aromatic rings. The number of likely N-dealkylation sites (tertiary alicyclic amines) is 1. The van der Waals surface area contributed by atoms with Crippen LogP contribution in [0.15, 0.2) is 24.3 Å². The summed E-state index contributed by atoms with van der Waals surface area (Å²) in [6, 6.07) is 8.59. The molecule has 2 aliphatic rings. The van der Waals surface area contributed by atoms with Gasteiger partial charge in [0.15, 0.2) is 0 Å². The molecular weight excluding hydrogens is 302 g/mol. The van der Waals surface area contributed by atoms with E-state index in [1.807, 2.05) is 4.90 Å². The van der Waals surface area contributed by atoms with Gasteiger partial charge in [0.1, 0.15) is 0 Å². The Balaban J connectivity index is 1.46. The van der Waals surface area contributed by atoms with E-state index in [2.05, 4.69) is 36.1 Å². The van der Waals surface area contributed by atoms with E-state index in [0.717, 1.165) is 52.1 Å². The van der Waals surface area contributed by atoms with Gasteiger partial charge in [-0.05, 0) is 25.3 Å². The van der Waals surface area contributed by atoms with Gasteiger partial charge >= 0.3 is 0 Å². The number of rotatable bonds is 4. The summed E-state index contributed by atoms with van der Waals surface area (Å²) in [6.45, 7) is 7.35. The summed E-state index contributed by atoms with van der Waals surface area (Å²) in [7, 11) is 0. The van der Waals surface area contributed by atoms with Crippen LogP contribution < -0.4 is 0 Å². The third-order valence-corrected chi connectivity index (χ3v) is 4.96. The maximum atomic E-state index is 12.4. The third-order valence-electron chi connectivity index (χ3n) is 4.96. The maximum absolute atomic E-state index is 12.4. The topological polar surface area (TPSA) is 43.9 Å². The van der Waals surface area contributed by atoms with Crippen molar-refractivity contribution in [3.8, 4) is 0 Å². The molecule has 0 N–H and O–H groups in total. The Morgan fingerprint density at radius 1 is 1.08 bits per heavy atom. The summed E-state index contributed by atoms with van der Waals surface area (Å²) in [4.78, 5) is 30.3. The number of carbonyl (C=O) groups is 2. The fourth-order valence-electron chi connectivity index (χ4n) is 3.52. The van der Waals surface area contributed by atoms with Crippen LogP contribution in [-0.4, -0.2) is 65.8 Å². The smallest absolute Gasteiger partial charge is 0.242 e. The van der Waals surface area contributed by atoms with Gasteiger partial charge in [-0.1, -0.05) is 29.8 Å². The van der Waals surface area contributed by atoms with Crippen LogP contribution in [0.3, 0.4) is 0 Å². The molecule has 3 rings (SSSR count). The molecule has 2 saturated heterocycles. The second-order valence-corrected chi connectivity index (χ2v) is 6.92. The monoisotopic (exact) mass is 329 g/mol. The van der Waals surface area contributed by atoms with E-state index in [4.69, 9.17) is 0 Å². The molecule has 5 nitrogen and oxygen atoms in total. The number of piperazine rings is 1. The number of piperidine rings is 1. The van der Waals surface area contributed by atoms with Gasteiger partial charge in [-0.2, -0.15) is 0 Å². The number of aryl methyl sites for hydroxylation is 1. The molecule has 0 saturated carbocycles. The van der Waals surface area contributed by atoms with Crippen LogP contribution >= 0.6 is 0 Å². The van der Waals surface area contributed by atoms with Gasteiger partial charge < -0.3 is 9.80 Å². The highest BCUT2D eigenvalue weighted by atomic mass is 16.2. The fraction of sp³-hybridized carbons (Fsp3) is 0.579. The molecule has 0 atom stereocenters. The summed E-state index contributed by atoms with van der Waals surface area (Å²) in [5.74, 6) is 0.230. The molecule has 130 valence electrons. The summed E-state index contributed by atoms with van der Waals surface area (Å²) in [5, 5.41) is 0. The van der Waals surface area contributed by atoms with Crippen molar-refractivity contribution in [2.24, 2.45) is 0 Å². The van der Waals surface area contributed by atoms with Crippen molar-refractivity contribution in [1.82, 2.24) is 14.7 Å². The van der Waals surface area contributed by atoms with Gasteiger partial charge in [0, 0.05) is 45.7 Å². The van der Waals surface area contributed by atoms with Crippen LogP contribution in [0.25, 0.3) is 0 Å². The Morgan fingerprint density at radius 3 is 2.58 bits per heavy atom. The molecule has 0 aromatic heterocycles. The number of hydrogen-bond acceptors (Lipinski definition) is 3. The van der Waals surface area contributed by atoms with E-state index in [1.54, 1.807) is 4.90 Å². The lowest BCUT2D eigenvalue weighted by Crippen LogP contribution is -2.52. The van der Waals surface area contributed by atoms with E-state index < -0.39 is 0 Å². The molecule has 5 heteroatoms. The quantitative estimate of drug-likeness (QED) is 0.844. The van der Waals surface area contributed by atoms with Gasteiger partial charge in [0.25, 0.3) is 0 Å². The standard InChI is InChI=1S/C19H27N3O2/c1-16-5-4-6-17(13-16)14-20-9-11-21(12-10-20)19(24)15-22-8-3-2-7-18(22)23/h4-6,13H,2-3,7-12,14-15H2,1H3. The largest absolute Gasteiger partial charge is 0.339 e. The molecule has 0 unspecified atom stereocenters.